The zero-order chi connectivity index (χ0) is 21.9. The zero-order valence-electron chi connectivity index (χ0n) is 18.0. The summed E-state index contributed by atoms with van der Waals surface area (Å²) in [5, 5.41) is 0. The van der Waals surface area contributed by atoms with Gasteiger partial charge < -0.3 is 9.64 Å². The van der Waals surface area contributed by atoms with Crippen LogP contribution in [0.2, 0.25) is 0 Å². The number of carbonyl (C=O) groups is 4. The summed E-state index contributed by atoms with van der Waals surface area (Å²) in [7, 11) is 0. The summed E-state index contributed by atoms with van der Waals surface area (Å²) in [5.74, 6) is -1.54. The Hall–Kier alpha value is -2.70. The molecule has 1 aliphatic rings. The summed E-state index contributed by atoms with van der Waals surface area (Å²) in [6, 6.07) is 3.85. The van der Waals surface area contributed by atoms with Gasteiger partial charge in [-0.1, -0.05) is 39.3 Å². The first kappa shape index (κ1) is 22.6. The molecule has 0 radical (unpaired) electrons. The number of rotatable bonds is 8. The molecule has 1 aliphatic heterocycles. The summed E-state index contributed by atoms with van der Waals surface area (Å²) in [6.07, 6.45) is 0. The number of carbonyl (C=O) groups excluding carboxylic acids is 4. The predicted octanol–water partition coefficient (Wildman–Crippen LogP) is 2.66. The van der Waals surface area contributed by atoms with E-state index in [2.05, 4.69) is 0 Å². The molecule has 1 atom stereocenters. The van der Waals surface area contributed by atoms with E-state index in [0.29, 0.717) is 13.1 Å². The molecule has 0 fully saturated rings. The van der Waals surface area contributed by atoms with Gasteiger partial charge in [-0.25, -0.2) is 4.79 Å². The van der Waals surface area contributed by atoms with Crippen molar-refractivity contribution >= 4 is 23.7 Å². The van der Waals surface area contributed by atoms with E-state index in [-0.39, 0.29) is 28.9 Å². The number of ether oxygens (including phenoxy) is 1. The van der Waals surface area contributed by atoms with Gasteiger partial charge in [-0.3, -0.25) is 19.3 Å². The maximum Gasteiger partial charge on any atom is 0.329 e. The van der Waals surface area contributed by atoms with Gasteiger partial charge in [-0.2, -0.15) is 0 Å². The number of benzene rings is 1. The first-order chi connectivity index (χ1) is 13.5. The van der Waals surface area contributed by atoms with E-state index in [1.165, 1.54) is 6.92 Å². The molecule has 158 valence electrons. The molecule has 0 aliphatic carbocycles. The lowest BCUT2D eigenvalue weighted by molar-refractivity contribution is -0.155. The van der Waals surface area contributed by atoms with Crippen molar-refractivity contribution in [2.75, 3.05) is 19.7 Å². The smallest absolute Gasteiger partial charge is 0.329 e. The Balaban J connectivity index is 2.03. The summed E-state index contributed by atoms with van der Waals surface area (Å²) >= 11 is 0. The number of hydrogen-bond donors (Lipinski definition) is 0. The van der Waals surface area contributed by atoms with Crippen LogP contribution in [-0.4, -0.2) is 59.2 Å². The minimum absolute atomic E-state index is 0.274. The Kier molecular flexibility index (Phi) is 7.16. The Morgan fingerprint density at radius 2 is 1.52 bits per heavy atom. The quantitative estimate of drug-likeness (QED) is 0.493. The van der Waals surface area contributed by atoms with Crippen LogP contribution in [0.5, 0.6) is 0 Å². The van der Waals surface area contributed by atoms with Gasteiger partial charge in [0.25, 0.3) is 17.7 Å². The van der Waals surface area contributed by atoms with Crippen molar-refractivity contribution in [3.05, 3.63) is 34.9 Å². The number of amides is 3. The van der Waals surface area contributed by atoms with Crippen molar-refractivity contribution in [3.8, 4) is 0 Å². The molecule has 1 aromatic carbocycles. The highest BCUT2D eigenvalue weighted by molar-refractivity contribution is 6.22. The Bertz CT molecular complexity index is 805. The molecular weight excluding hydrogens is 372 g/mol. The number of aryl methyl sites for hydroxylation is 1. The van der Waals surface area contributed by atoms with Crippen molar-refractivity contribution in [2.24, 2.45) is 11.8 Å². The third-order valence-electron chi connectivity index (χ3n) is 4.66. The Labute approximate surface area is 172 Å². The second-order valence-corrected chi connectivity index (χ2v) is 8.40. The highest BCUT2D eigenvalue weighted by Gasteiger charge is 2.41. The molecule has 1 unspecified atom stereocenters. The SMILES string of the molecule is Cc1ccc2c(c1)C(=O)N(C(C)C(=O)OCC(=O)N(CC(C)C)CC(C)C)C2=O. The van der Waals surface area contributed by atoms with Gasteiger partial charge in [-0.05, 0) is 37.8 Å². The molecule has 0 saturated carbocycles. The van der Waals surface area contributed by atoms with Crippen molar-refractivity contribution in [1.29, 1.82) is 0 Å². The molecule has 7 heteroatoms. The lowest BCUT2D eigenvalue weighted by Crippen LogP contribution is -2.45. The lowest BCUT2D eigenvalue weighted by Gasteiger charge is -2.27. The van der Waals surface area contributed by atoms with Gasteiger partial charge in [-0.15, -0.1) is 0 Å². The number of imide groups is 1. The van der Waals surface area contributed by atoms with Crippen LogP contribution in [0.15, 0.2) is 18.2 Å². The average molecular weight is 402 g/mol. The maximum atomic E-state index is 12.6. The normalized spacial score (nSPS) is 14.4. The molecule has 0 N–H and O–H groups in total. The fourth-order valence-electron chi connectivity index (χ4n) is 3.33. The van der Waals surface area contributed by atoms with Crippen LogP contribution in [0, 0.1) is 18.8 Å². The van der Waals surface area contributed by atoms with Gasteiger partial charge in [0.05, 0.1) is 11.1 Å². The van der Waals surface area contributed by atoms with E-state index < -0.39 is 30.4 Å². The minimum Gasteiger partial charge on any atom is -0.454 e. The standard InChI is InChI=1S/C22H30N2O5/c1-13(2)10-23(11-14(3)4)19(25)12-29-22(28)16(6)24-20(26)17-8-7-15(5)9-18(17)21(24)27/h7-9,13-14,16H,10-12H2,1-6H3. The predicted molar refractivity (Wildman–Crippen MR) is 108 cm³/mol. The summed E-state index contributed by atoms with van der Waals surface area (Å²) in [6.45, 7) is 12.0. The second-order valence-electron chi connectivity index (χ2n) is 8.40. The monoisotopic (exact) mass is 402 g/mol. The van der Waals surface area contributed by atoms with Crippen molar-refractivity contribution in [2.45, 2.75) is 47.6 Å². The molecule has 0 aromatic heterocycles. The van der Waals surface area contributed by atoms with E-state index in [1.807, 2.05) is 34.6 Å². The highest BCUT2D eigenvalue weighted by Crippen LogP contribution is 2.26. The number of fused-ring (bicyclic) bond motifs is 1. The van der Waals surface area contributed by atoms with Crippen LogP contribution in [0.4, 0.5) is 0 Å². The van der Waals surface area contributed by atoms with Crippen molar-refractivity contribution < 1.29 is 23.9 Å². The largest absolute Gasteiger partial charge is 0.454 e. The van der Waals surface area contributed by atoms with Crippen LogP contribution in [0.3, 0.4) is 0 Å². The maximum absolute atomic E-state index is 12.6. The van der Waals surface area contributed by atoms with Gasteiger partial charge >= 0.3 is 5.97 Å². The van der Waals surface area contributed by atoms with Gasteiger partial charge in [0.15, 0.2) is 6.61 Å². The van der Waals surface area contributed by atoms with E-state index in [9.17, 15) is 19.2 Å². The minimum atomic E-state index is -1.11. The molecule has 1 heterocycles. The van der Waals surface area contributed by atoms with Crippen LogP contribution in [-0.2, 0) is 14.3 Å². The molecule has 29 heavy (non-hydrogen) atoms. The zero-order valence-corrected chi connectivity index (χ0v) is 18.0. The van der Waals surface area contributed by atoms with Crippen LogP contribution >= 0.6 is 0 Å². The van der Waals surface area contributed by atoms with E-state index in [0.717, 1.165) is 10.5 Å². The lowest BCUT2D eigenvalue weighted by atomic mass is 10.1. The summed E-state index contributed by atoms with van der Waals surface area (Å²) < 4.78 is 5.17. The number of esters is 1. The topological polar surface area (TPSA) is 84.0 Å². The van der Waals surface area contributed by atoms with Gasteiger partial charge in [0.2, 0.25) is 0 Å². The highest BCUT2D eigenvalue weighted by atomic mass is 16.5. The summed E-state index contributed by atoms with van der Waals surface area (Å²) in [5.41, 5.74) is 1.41. The first-order valence-electron chi connectivity index (χ1n) is 9.95. The molecule has 0 saturated heterocycles. The van der Waals surface area contributed by atoms with Gasteiger partial charge in [0, 0.05) is 13.1 Å². The van der Waals surface area contributed by atoms with Crippen molar-refractivity contribution in [1.82, 2.24) is 9.80 Å². The third-order valence-corrected chi connectivity index (χ3v) is 4.66. The fraction of sp³-hybridized carbons (Fsp3) is 0.545. The third kappa shape index (κ3) is 5.22. The molecule has 0 spiro atoms. The molecule has 1 aromatic rings. The van der Waals surface area contributed by atoms with Crippen LogP contribution < -0.4 is 0 Å². The Morgan fingerprint density at radius 1 is 0.966 bits per heavy atom. The fourth-order valence-corrected chi connectivity index (χ4v) is 3.33. The van der Waals surface area contributed by atoms with E-state index in [1.54, 1.807) is 23.1 Å². The molecule has 0 bridgehead atoms. The first-order valence-corrected chi connectivity index (χ1v) is 9.95. The summed E-state index contributed by atoms with van der Waals surface area (Å²) in [4.78, 5) is 52.8. The number of hydrogen-bond acceptors (Lipinski definition) is 5. The second kappa shape index (κ2) is 9.20. The molecule has 2 rings (SSSR count). The molecular formula is C22H30N2O5. The average Bonchev–Trinajstić information content (AvgIpc) is 2.87. The van der Waals surface area contributed by atoms with Crippen LogP contribution in [0.25, 0.3) is 0 Å². The van der Waals surface area contributed by atoms with Crippen LogP contribution in [0.1, 0.15) is 60.9 Å². The van der Waals surface area contributed by atoms with Gasteiger partial charge in [0.1, 0.15) is 6.04 Å². The molecule has 7 nitrogen and oxygen atoms in total. The van der Waals surface area contributed by atoms with E-state index in [4.69, 9.17) is 4.74 Å². The number of nitrogens with zero attached hydrogens (tertiary/aromatic N) is 2. The molecule has 3 amide bonds. The van der Waals surface area contributed by atoms with E-state index >= 15 is 0 Å². The Morgan fingerprint density at radius 3 is 2.07 bits per heavy atom. The van der Waals surface area contributed by atoms with Crippen molar-refractivity contribution in [3.63, 3.8) is 0 Å².